The molecule has 3 aliphatic rings. The van der Waals surface area contributed by atoms with Crippen molar-refractivity contribution >= 4 is 41.8 Å². The van der Waals surface area contributed by atoms with Gasteiger partial charge in [-0.05, 0) is 49.2 Å². The number of imide groups is 1. The monoisotopic (exact) mass is 521 g/mol. The maximum atomic E-state index is 13.9. The summed E-state index contributed by atoms with van der Waals surface area (Å²) in [5.74, 6) is -0.261. The number of benzene rings is 2. The van der Waals surface area contributed by atoms with Crippen LogP contribution < -0.4 is 9.64 Å². The Morgan fingerprint density at radius 2 is 1.95 bits per heavy atom. The van der Waals surface area contributed by atoms with Crippen LogP contribution in [0, 0.1) is 5.92 Å². The third kappa shape index (κ3) is 4.46. The van der Waals surface area contributed by atoms with Crippen molar-refractivity contribution in [1.82, 2.24) is 9.80 Å². The molecule has 4 amide bonds. The predicted molar refractivity (Wildman–Crippen MR) is 138 cm³/mol. The van der Waals surface area contributed by atoms with Gasteiger partial charge in [-0.3, -0.25) is 9.59 Å². The van der Waals surface area contributed by atoms with E-state index in [9.17, 15) is 19.2 Å². The van der Waals surface area contributed by atoms with E-state index in [1.165, 1.54) is 23.8 Å². The molecule has 0 aliphatic carbocycles. The lowest BCUT2D eigenvalue weighted by molar-refractivity contribution is -0.122. The zero-order valence-electron chi connectivity index (χ0n) is 20.6. The van der Waals surface area contributed by atoms with Crippen LogP contribution in [-0.2, 0) is 16.1 Å². The van der Waals surface area contributed by atoms with Crippen molar-refractivity contribution in [2.24, 2.45) is 5.92 Å². The van der Waals surface area contributed by atoms with Crippen molar-refractivity contribution in [3.8, 4) is 5.75 Å². The van der Waals surface area contributed by atoms with Crippen LogP contribution in [-0.4, -0.2) is 66.3 Å². The van der Waals surface area contributed by atoms with Crippen molar-refractivity contribution < 1.29 is 28.7 Å². The summed E-state index contributed by atoms with van der Waals surface area (Å²) in [4.78, 5) is 57.1. The number of para-hydroxylation sites is 1. The highest BCUT2D eigenvalue weighted by Gasteiger charge is 2.53. The molecule has 0 aromatic heterocycles. The number of nitrogens with zero attached hydrogens (tertiary/aromatic N) is 3. The molecule has 2 atom stereocenters. The molecule has 0 bridgehead atoms. The molecular formula is C27H27N3O6S. The SMILES string of the molecule is CCOC(=O)N1CCC2=C(C1)SC1C2C(=O)N(c2ccccc2)C(=O)N1Cc1cc(C=O)ccc1OC. The Labute approximate surface area is 219 Å². The van der Waals surface area contributed by atoms with Crippen LogP contribution in [0.25, 0.3) is 0 Å². The second-order valence-electron chi connectivity index (χ2n) is 8.91. The van der Waals surface area contributed by atoms with E-state index in [-0.39, 0.29) is 25.2 Å². The summed E-state index contributed by atoms with van der Waals surface area (Å²) in [6.07, 6.45) is 0.894. The smallest absolute Gasteiger partial charge is 0.410 e. The number of thioether (sulfide) groups is 1. The summed E-state index contributed by atoms with van der Waals surface area (Å²) in [6.45, 7) is 2.99. The molecule has 192 valence electrons. The molecule has 0 spiro atoms. The van der Waals surface area contributed by atoms with Crippen molar-refractivity contribution in [1.29, 1.82) is 0 Å². The first-order chi connectivity index (χ1) is 18.0. The Morgan fingerprint density at radius 3 is 2.65 bits per heavy atom. The fraction of sp³-hybridized carbons (Fsp3) is 0.333. The highest BCUT2D eigenvalue weighted by molar-refractivity contribution is 8.04. The van der Waals surface area contributed by atoms with E-state index < -0.39 is 17.3 Å². The van der Waals surface area contributed by atoms with E-state index in [0.29, 0.717) is 42.1 Å². The molecule has 37 heavy (non-hydrogen) atoms. The minimum atomic E-state index is -0.539. The van der Waals surface area contributed by atoms with Crippen molar-refractivity contribution in [3.05, 3.63) is 70.1 Å². The molecule has 0 N–H and O–H groups in total. The third-order valence-electron chi connectivity index (χ3n) is 6.82. The van der Waals surface area contributed by atoms with Gasteiger partial charge >= 0.3 is 12.1 Å². The maximum absolute atomic E-state index is 13.9. The van der Waals surface area contributed by atoms with Gasteiger partial charge in [0, 0.05) is 22.6 Å². The van der Waals surface area contributed by atoms with Gasteiger partial charge in [-0.15, -0.1) is 11.8 Å². The van der Waals surface area contributed by atoms with Gasteiger partial charge in [-0.1, -0.05) is 18.2 Å². The first-order valence-electron chi connectivity index (χ1n) is 12.1. The average molecular weight is 522 g/mol. The van der Waals surface area contributed by atoms with Crippen LogP contribution in [0.1, 0.15) is 29.3 Å². The molecule has 2 unspecified atom stereocenters. The lowest BCUT2D eigenvalue weighted by Crippen LogP contribution is -2.60. The molecule has 2 aromatic rings. The van der Waals surface area contributed by atoms with E-state index >= 15 is 0 Å². The lowest BCUT2D eigenvalue weighted by Gasteiger charge is -2.42. The van der Waals surface area contributed by atoms with Crippen molar-refractivity contribution in [2.75, 3.05) is 31.7 Å². The number of anilines is 1. The molecule has 3 aliphatic heterocycles. The van der Waals surface area contributed by atoms with Gasteiger partial charge in [-0.25, -0.2) is 14.5 Å². The van der Waals surface area contributed by atoms with E-state index in [2.05, 4.69) is 0 Å². The van der Waals surface area contributed by atoms with E-state index in [0.717, 1.165) is 16.8 Å². The summed E-state index contributed by atoms with van der Waals surface area (Å²) < 4.78 is 10.7. The largest absolute Gasteiger partial charge is 0.496 e. The average Bonchev–Trinajstić information content (AvgIpc) is 3.30. The second kappa shape index (κ2) is 10.3. The second-order valence-corrected chi connectivity index (χ2v) is 10.1. The van der Waals surface area contributed by atoms with Crippen LogP contribution in [0.4, 0.5) is 15.3 Å². The first-order valence-corrected chi connectivity index (χ1v) is 13.0. The van der Waals surface area contributed by atoms with Gasteiger partial charge in [-0.2, -0.15) is 0 Å². The minimum absolute atomic E-state index is 0.149. The fourth-order valence-corrected chi connectivity index (χ4v) is 6.69. The summed E-state index contributed by atoms with van der Waals surface area (Å²) in [5, 5.41) is -0.475. The van der Waals surface area contributed by atoms with Crippen molar-refractivity contribution in [3.63, 3.8) is 0 Å². The highest BCUT2D eigenvalue weighted by atomic mass is 32.2. The van der Waals surface area contributed by atoms with E-state index in [1.54, 1.807) is 59.2 Å². The Kier molecular flexibility index (Phi) is 6.92. The molecule has 2 aromatic carbocycles. The normalized spacial score (nSPS) is 21.1. The minimum Gasteiger partial charge on any atom is -0.496 e. The third-order valence-corrected chi connectivity index (χ3v) is 8.26. The van der Waals surface area contributed by atoms with Gasteiger partial charge < -0.3 is 19.3 Å². The number of carbonyl (C=O) groups is 4. The molecule has 1 fully saturated rings. The van der Waals surface area contributed by atoms with Crippen LogP contribution in [0.5, 0.6) is 5.75 Å². The van der Waals surface area contributed by atoms with E-state index in [1.807, 2.05) is 6.07 Å². The molecule has 0 saturated carbocycles. The van der Waals surface area contributed by atoms with Gasteiger partial charge in [0.05, 0.1) is 43.8 Å². The predicted octanol–water partition coefficient (Wildman–Crippen LogP) is 4.28. The van der Waals surface area contributed by atoms with Crippen LogP contribution >= 0.6 is 11.8 Å². The number of aldehydes is 1. The van der Waals surface area contributed by atoms with Crippen LogP contribution in [0.2, 0.25) is 0 Å². The highest BCUT2D eigenvalue weighted by Crippen LogP contribution is 2.51. The number of hydrogen-bond acceptors (Lipinski definition) is 7. The molecule has 3 heterocycles. The number of fused-ring (bicyclic) bond motifs is 2. The molecule has 10 heteroatoms. The number of urea groups is 1. The molecule has 0 radical (unpaired) electrons. The summed E-state index contributed by atoms with van der Waals surface area (Å²) in [6, 6.07) is 13.5. The van der Waals surface area contributed by atoms with Gasteiger partial charge in [0.1, 0.15) is 12.0 Å². The Balaban J connectivity index is 1.53. The van der Waals surface area contributed by atoms with Gasteiger partial charge in [0.25, 0.3) is 0 Å². The standard InChI is InChI=1S/C27H27N3O6S/c1-3-36-27(34)28-12-11-20-22(15-28)37-25-23(20)24(32)30(19-7-5-4-6-8-19)26(33)29(25)14-18-13-17(16-31)9-10-21(18)35-2/h4-10,13,16,23,25H,3,11-12,14-15H2,1-2H3. The Hall–Kier alpha value is -3.79. The number of hydrogen-bond donors (Lipinski definition) is 0. The molecule has 9 nitrogen and oxygen atoms in total. The Bertz CT molecular complexity index is 1280. The number of carbonyl (C=O) groups excluding carboxylic acids is 4. The summed E-state index contributed by atoms with van der Waals surface area (Å²) in [7, 11) is 1.54. The zero-order chi connectivity index (χ0) is 26.1. The number of methoxy groups -OCH3 is 1. The molecular weight excluding hydrogens is 494 g/mol. The van der Waals surface area contributed by atoms with Gasteiger partial charge in [0.2, 0.25) is 5.91 Å². The van der Waals surface area contributed by atoms with E-state index in [4.69, 9.17) is 9.47 Å². The van der Waals surface area contributed by atoms with Gasteiger partial charge in [0.15, 0.2) is 0 Å². The van der Waals surface area contributed by atoms with Crippen LogP contribution in [0.15, 0.2) is 59.0 Å². The van der Waals surface area contributed by atoms with Crippen LogP contribution in [0.3, 0.4) is 0 Å². The van der Waals surface area contributed by atoms with Crippen molar-refractivity contribution in [2.45, 2.75) is 25.3 Å². The number of amides is 4. The zero-order valence-corrected chi connectivity index (χ0v) is 21.4. The molecule has 1 saturated heterocycles. The maximum Gasteiger partial charge on any atom is 0.410 e. The summed E-state index contributed by atoms with van der Waals surface area (Å²) >= 11 is 1.45. The number of rotatable bonds is 6. The molecule has 5 rings (SSSR count). The summed E-state index contributed by atoms with van der Waals surface area (Å²) in [5.41, 5.74) is 2.60. The first kappa shape index (κ1) is 24.9. The topological polar surface area (TPSA) is 96.5 Å². The lowest BCUT2D eigenvalue weighted by atomic mass is 9.90. The fourth-order valence-electron chi connectivity index (χ4n) is 5.08. The Morgan fingerprint density at radius 1 is 1.16 bits per heavy atom. The quantitative estimate of drug-likeness (QED) is 0.524. The number of ether oxygens (including phenoxy) is 2.